The van der Waals surface area contributed by atoms with E-state index in [1.165, 1.54) is 17.8 Å². The van der Waals surface area contributed by atoms with E-state index in [9.17, 15) is 9.18 Å². The lowest BCUT2D eigenvalue weighted by atomic mass is 10.2. The summed E-state index contributed by atoms with van der Waals surface area (Å²) in [7, 11) is 0. The van der Waals surface area contributed by atoms with Gasteiger partial charge in [-0.1, -0.05) is 19.1 Å². The van der Waals surface area contributed by atoms with Crippen LogP contribution in [0.15, 0.2) is 24.3 Å². The molecule has 3 nitrogen and oxygen atoms in total. The minimum Gasteiger partial charge on any atom is -0.490 e. The quantitative estimate of drug-likeness (QED) is 0.764. The molecular formula is C12H15FO3S. The molecule has 0 saturated carbocycles. The molecule has 1 N–H and O–H groups in total. The zero-order valence-electron chi connectivity index (χ0n) is 9.56. The van der Waals surface area contributed by atoms with Crippen LogP contribution in [0.3, 0.4) is 0 Å². The molecule has 0 saturated heterocycles. The standard InChI is InChI=1S/C12H15FO3S/c1-9(12(14)15)8-17-7-6-16-11-5-3-2-4-10(11)13/h2-5,9H,6-8H2,1H3,(H,14,15). The van der Waals surface area contributed by atoms with Gasteiger partial charge >= 0.3 is 5.97 Å². The SMILES string of the molecule is CC(CSCCOc1ccccc1F)C(=O)O. The number of carboxylic acid groups (broad SMARTS) is 1. The summed E-state index contributed by atoms with van der Waals surface area (Å²) < 4.78 is 18.4. The van der Waals surface area contributed by atoms with Gasteiger partial charge in [-0.15, -0.1) is 0 Å². The Balaban J connectivity index is 2.17. The average Bonchev–Trinajstić information content (AvgIpc) is 2.30. The van der Waals surface area contributed by atoms with Crippen LogP contribution < -0.4 is 4.74 Å². The molecule has 5 heteroatoms. The first-order chi connectivity index (χ1) is 8.11. The summed E-state index contributed by atoms with van der Waals surface area (Å²) >= 11 is 1.49. The molecular weight excluding hydrogens is 243 g/mol. The number of ether oxygens (including phenoxy) is 1. The topological polar surface area (TPSA) is 46.5 Å². The highest BCUT2D eigenvalue weighted by Gasteiger charge is 2.10. The first-order valence-corrected chi connectivity index (χ1v) is 6.44. The van der Waals surface area contributed by atoms with Gasteiger partial charge in [0.25, 0.3) is 0 Å². The molecule has 0 radical (unpaired) electrons. The third kappa shape index (κ3) is 5.08. The van der Waals surface area contributed by atoms with Crippen molar-refractivity contribution >= 4 is 17.7 Å². The van der Waals surface area contributed by atoms with E-state index in [2.05, 4.69) is 0 Å². The molecule has 1 atom stereocenters. The molecule has 17 heavy (non-hydrogen) atoms. The van der Waals surface area contributed by atoms with Crippen LogP contribution in [0.5, 0.6) is 5.75 Å². The smallest absolute Gasteiger partial charge is 0.307 e. The highest BCUT2D eigenvalue weighted by molar-refractivity contribution is 7.99. The number of carbonyl (C=O) groups is 1. The van der Waals surface area contributed by atoms with E-state index in [0.717, 1.165) is 0 Å². The highest BCUT2D eigenvalue weighted by atomic mass is 32.2. The van der Waals surface area contributed by atoms with E-state index in [1.807, 2.05) is 0 Å². The minimum absolute atomic E-state index is 0.236. The highest BCUT2D eigenvalue weighted by Crippen LogP contribution is 2.16. The van der Waals surface area contributed by atoms with E-state index in [0.29, 0.717) is 18.1 Å². The Labute approximate surface area is 104 Å². The molecule has 0 aliphatic carbocycles. The fraction of sp³-hybridized carbons (Fsp3) is 0.417. The van der Waals surface area contributed by atoms with E-state index in [-0.39, 0.29) is 17.5 Å². The Morgan fingerprint density at radius 3 is 2.88 bits per heavy atom. The van der Waals surface area contributed by atoms with Crippen LogP contribution in [-0.2, 0) is 4.79 Å². The maximum atomic E-state index is 13.1. The maximum absolute atomic E-state index is 13.1. The van der Waals surface area contributed by atoms with Crippen molar-refractivity contribution in [3.63, 3.8) is 0 Å². The molecule has 0 aliphatic heterocycles. The summed E-state index contributed by atoms with van der Waals surface area (Å²) in [4.78, 5) is 10.5. The van der Waals surface area contributed by atoms with Crippen molar-refractivity contribution in [1.29, 1.82) is 0 Å². The van der Waals surface area contributed by atoms with Gasteiger partial charge < -0.3 is 9.84 Å². The summed E-state index contributed by atoms with van der Waals surface area (Å²) in [6.45, 7) is 2.03. The number of halogens is 1. The number of hydrogen-bond donors (Lipinski definition) is 1. The second kappa shape index (κ2) is 7.17. The Kier molecular flexibility index (Phi) is 5.83. The van der Waals surface area contributed by atoms with Crippen molar-refractivity contribution in [1.82, 2.24) is 0 Å². The molecule has 1 unspecified atom stereocenters. The number of para-hydroxylation sites is 1. The van der Waals surface area contributed by atoms with Crippen LogP contribution in [0, 0.1) is 11.7 Å². The molecule has 0 heterocycles. The number of hydrogen-bond acceptors (Lipinski definition) is 3. The largest absolute Gasteiger partial charge is 0.490 e. The van der Waals surface area contributed by atoms with Crippen LogP contribution in [-0.4, -0.2) is 29.2 Å². The monoisotopic (exact) mass is 258 g/mol. The number of carboxylic acids is 1. The van der Waals surface area contributed by atoms with Crippen molar-refractivity contribution < 1.29 is 19.0 Å². The van der Waals surface area contributed by atoms with Crippen molar-refractivity contribution in [3.8, 4) is 5.75 Å². The zero-order chi connectivity index (χ0) is 12.7. The normalized spacial score (nSPS) is 12.1. The predicted octanol–water partition coefficient (Wildman–Crippen LogP) is 2.66. The fourth-order valence-corrected chi connectivity index (χ4v) is 1.97. The predicted molar refractivity (Wildman–Crippen MR) is 66.0 cm³/mol. The van der Waals surface area contributed by atoms with Crippen molar-refractivity contribution in [3.05, 3.63) is 30.1 Å². The summed E-state index contributed by atoms with van der Waals surface area (Å²) in [5.74, 6) is -0.126. The molecule has 0 spiro atoms. The van der Waals surface area contributed by atoms with Gasteiger partial charge in [0.2, 0.25) is 0 Å². The van der Waals surface area contributed by atoms with Crippen molar-refractivity contribution in [2.75, 3.05) is 18.1 Å². The number of benzene rings is 1. The van der Waals surface area contributed by atoms with Crippen LogP contribution in [0.2, 0.25) is 0 Å². The molecule has 0 bridgehead atoms. The lowest BCUT2D eigenvalue weighted by Crippen LogP contribution is -2.13. The Bertz CT molecular complexity index is 371. The summed E-state index contributed by atoms with van der Waals surface area (Å²) in [5, 5.41) is 8.66. The molecule has 1 rings (SSSR count). The molecule has 0 amide bonds. The van der Waals surface area contributed by atoms with Gasteiger partial charge in [0, 0.05) is 11.5 Å². The summed E-state index contributed by atoms with van der Waals surface area (Å²) in [5.41, 5.74) is 0. The number of thioether (sulfide) groups is 1. The maximum Gasteiger partial charge on any atom is 0.307 e. The van der Waals surface area contributed by atoms with E-state index in [1.54, 1.807) is 25.1 Å². The van der Waals surface area contributed by atoms with Gasteiger partial charge in [-0.3, -0.25) is 4.79 Å². The Morgan fingerprint density at radius 2 is 2.24 bits per heavy atom. The van der Waals surface area contributed by atoms with Gasteiger partial charge in [-0.2, -0.15) is 11.8 Å². The van der Waals surface area contributed by atoms with Crippen LogP contribution in [0.4, 0.5) is 4.39 Å². The van der Waals surface area contributed by atoms with E-state index in [4.69, 9.17) is 9.84 Å². The van der Waals surface area contributed by atoms with Gasteiger partial charge in [-0.25, -0.2) is 4.39 Å². The molecule has 0 aliphatic rings. The van der Waals surface area contributed by atoms with Gasteiger partial charge in [0.15, 0.2) is 11.6 Å². The average molecular weight is 258 g/mol. The van der Waals surface area contributed by atoms with Gasteiger partial charge in [0.05, 0.1) is 12.5 Å². The van der Waals surface area contributed by atoms with E-state index >= 15 is 0 Å². The number of aliphatic carboxylic acids is 1. The second-order valence-corrected chi connectivity index (χ2v) is 4.74. The molecule has 0 fully saturated rings. The van der Waals surface area contributed by atoms with Gasteiger partial charge in [0.1, 0.15) is 0 Å². The first-order valence-electron chi connectivity index (χ1n) is 5.29. The fourth-order valence-electron chi connectivity index (χ4n) is 1.10. The molecule has 1 aromatic carbocycles. The van der Waals surface area contributed by atoms with Gasteiger partial charge in [-0.05, 0) is 12.1 Å². The third-order valence-electron chi connectivity index (χ3n) is 2.11. The lowest BCUT2D eigenvalue weighted by molar-refractivity contribution is -0.140. The minimum atomic E-state index is -0.799. The van der Waals surface area contributed by atoms with Crippen molar-refractivity contribution in [2.24, 2.45) is 5.92 Å². The van der Waals surface area contributed by atoms with Crippen LogP contribution >= 0.6 is 11.8 Å². The molecule has 0 aromatic heterocycles. The van der Waals surface area contributed by atoms with Crippen LogP contribution in [0.1, 0.15) is 6.92 Å². The Morgan fingerprint density at radius 1 is 1.53 bits per heavy atom. The van der Waals surface area contributed by atoms with Crippen molar-refractivity contribution in [2.45, 2.75) is 6.92 Å². The number of rotatable bonds is 7. The summed E-state index contributed by atoms with van der Waals surface area (Å²) in [6.07, 6.45) is 0. The third-order valence-corrected chi connectivity index (χ3v) is 3.30. The Hall–Kier alpha value is -1.23. The van der Waals surface area contributed by atoms with Crippen LogP contribution in [0.25, 0.3) is 0 Å². The molecule has 94 valence electrons. The van der Waals surface area contributed by atoms with E-state index < -0.39 is 5.97 Å². The zero-order valence-corrected chi connectivity index (χ0v) is 10.4. The first kappa shape index (κ1) is 13.8. The summed E-state index contributed by atoms with van der Waals surface area (Å²) in [6, 6.07) is 6.22. The lowest BCUT2D eigenvalue weighted by Gasteiger charge is -2.08. The molecule has 1 aromatic rings. The second-order valence-electron chi connectivity index (χ2n) is 3.59.